The lowest BCUT2D eigenvalue weighted by molar-refractivity contribution is 0.0711. The first kappa shape index (κ1) is 11.6. The molecule has 0 aromatic heterocycles. The Kier molecular flexibility index (Phi) is 3.22. The first-order valence-corrected chi connectivity index (χ1v) is 6.80. The lowest BCUT2D eigenvalue weighted by Gasteiger charge is -2.32. The molecule has 0 radical (unpaired) electrons. The summed E-state index contributed by atoms with van der Waals surface area (Å²) in [6.45, 7) is 1.26. The van der Waals surface area contributed by atoms with E-state index in [4.69, 9.17) is 4.74 Å². The molecule has 1 saturated heterocycles. The zero-order chi connectivity index (χ0) is 12.4. The SMILES string of the molecule is O=C(OCc1ccccc1)N1CC[C@H]2CC[C@@H]1C2. The second-order valence-corrected chi connectivity index (χ2v) is 5.36. The van der Waals surface area contributed by atoms with Crippen LogP contribution >= 0.6 is 0 Å². The van der Waals surface area contributed by atoms with Gasteiger partial charge in [0.2, 0.25) is 0 Å². The molecule has 1 aromatic rings. The number of amides is 1. The predicted molar refractivity (Wildman–Crippen MR) is 69.1 cm³/mol. The summed E-state index contributed by atoms with van der Waals surface area (Å²) < 4.78 is 5.41. The topological polar surface area (TPSA) is 29.5 Å². The second-order valence-electron chi connectivity index (χ2n) is 5.36. The third-order valence-electron chi connectivity index (χ3n) is 4.17. The number of benzene rings is 1. The van der Waals surface area contributed by atoms with Gasteiger partial charge in [-0.3, -0.25) is 0 Å². The van der Waals surface area contributed by atoms with Crippen LogP contribution in [0.5, 0.6) is 0 Å². The smallest absolute Gasteiger partial charge is 0.410 e. The summed E-state index contributed by atoms with van der Waals surface area (Å²) in [7, 11) is 0. The number of carbonyl (C=O) groups is 1. The summed E-state index contributed by atoms with van der Waals surface area (Å²) in [5.41, 5.74) is 1.05. The van der Waals surface area contributed by atoms with Crippen LogP contribution in [0.1, 0.15) is 31.2 Å². The number of likely N-dealkylation sites (tertiary alicyclic amines) is 1. The molecule has 1 aromatic carbocycles. The highest BCUT2D eigenvalue weighted by molar-refractivity contribution is 5.68. The van der Waals surface area contributed by atoms with Crippen LogP contribution in [0.2, 0.25) is 0 Å². The van der Waals surface area contributed by atoms with E-state index in [2.05, 4.69) is 0 Å². The largest absolute Gasteiger partial charge is 0.445 e. The molecule has 2 bridgehead atoms. The highest BCUT2D eigenvalue weighted by atomic mass is 16.6. The van der Waals surface area contributed by atoms with Crippen LogP contribution in [0, 0.1) is 5.92 Å². The Balaban J connectivity index is 1.55. The van der Waals surface area contributed by atoms with Gasteiger partial charge in [-0.15, -0.1) is 0 Å². The third-order valence-corrected chi connectivity index (χ3v) is 4.17. The predicted octanol–water partition coefficient (Wildman–Crippen LogP) is 3.20. The van der Waals surface area contributed by atoms with Gasteiger partial charge < -0.3 is 9.64 Å². The molecule has 2 fully saturated rings. The summed E-state index contributed by atoms with van der Waals surface area (Å²) in [6, 6.07) is 10.3. The Hall–Kier alpha value is -1.51. The molecule has 1 amide bonds. The van der Waals surface area contributed by atoms with Crippen LogP contribution in [0.15, 0.2) is 30.3 Å². The van der Waals surface area contributed by atoms with Gasteiger partial charge in [-0.05, 0) is 37.2 Å². The molecule has 0 spiro atoms. The van der Waals surface area contributed by atoms with Gasteiger partial charge in [0.25, 0.3) is 0 Å². The van der Waals surface area contributed by atoms with Crippen molar-refractivity contribution in [1.29, 1.82) is 0 Å². The van der Waals surface area contributed by atoms with Crippen LogP contribution in [0.4, 0.5) is 4.79 Å². The fraction of sp³-hybridized carbons (Fsp3) is 0.533. The average molecular weight is 245 g/mol. The minimum Gasteiger partial charge on any atom is -0.445 e. The van der Waals surface area contributed by atoms with E-state index in [0.29, 0.717) is 12.6 Å². The summed E-state index contributed by atoms with van der Waals surface area (Å²) in [4.78, 5) is 14.0. The maximum Gasteiger partial charge on any atom is 0.410 e. The van der Waals surface area contributed by atoms with Crippen molar-refractivity contribution in [2.75, 3.05) is 6.54 Å². The maximum absolute atomic E-state index is 12.1. The number of ether oxygens (including phenoxy) is 1. The van der Waals surface area contributed by atoms with Gasteiger partial charge in [0.15, 0.2) is 0 Å². The highest BCUT2D eigenvalue weighted by Crippen LogP contribution is 2.36. The number of fused-ring (bicyclic) bond motifs is 2. The van der Waals surface area contributed by atoms with Crippen LogP contribution in [0.25, 0.3) is 0 Å². The van der Waals surface area contributed by atoms with Crippen molar-refractivity contribution in [3.8, 4) is 0 Å². The van der Waals surface area contributed by atoms with Crippen LogP contribution in [-0.4, -0.2) is 23.6 Å². The number of hydrogen-bond acceptors (Lipinski definition) is 2. The van der Waals surface area contributed by atoms with Gasteiger partial charge in [-0.1, -0.05) is 30.3 Å². The van der Waals surface area contributed by atoms with E-state index in [-0.39, 0.29) is 6.09 Å². The van der Waals surface area contributed by atoms with Gasteiger partial charge in [0.1, 0.15) is 6.61 Å². The first-order chi connectivity index (χ1) is 8.83. The molecule has 1 aliphatic carbocycles. The van der Waals surface area contributed by atoms with Crippen molar-refractivity contribution < 1.29 is 9.53 Å². The van der Waals surface area contributed by atoms with Gasteiger partial charge in [0, 0.05) is 12.6 Å². The summed E-state index contributed by atoms with van der Waals surface area (Å²) in [5.74, 6) is 0.855. The maximum atomic E-state index is 12.1. The number of hydrogen-bond donors (Lipinski definition) is 0. The lowest BCUT2D eigenvalue weighted by Crippen LogP contribution is -2.42. The molecule has 3 nitrogen and oxygen atoms in total. The molecule has 0 unspecified atom stereocenters. The monoisotopic (exact) mass is 245 g/mol. The summed E-state index contributed by atoms with van der Waals surface area (Å²) >= 11 is 0. The van der Waals surface area contributed by atoms with E-state index in [1.165, 1.54) is 12.8 Å². The van der Waals surface area contributed by atoms with Crippen molar-refractivity contribution in [3.63, 3.8) is 0 Å². The Bertz CT molecular complexity index is 418. The molecular formula is C15H19NO2. The van der Waals surface area contributed by atoms with Crippen LogP contribution in [0.3, 0.4) is 0 Å². The van der Waals surface area contributed by atoms with E-state index in [9.17, 15) is 4.79 Å². The van der Waals surface area contributed by atoms with Crippen molar-refractivity contribution in [1.82, 2.24) is 4.90 Å². The number of piperidine rings is 1. The van der Waals surface area contributed by atoms with E-state index in [1.807, 2.05) is 35.2 Å². The Morgan fingerprint density at radius 1 is 1.22 bits per heavy atom. The standard InChI is InChI=1S/C15H19NO2/c17-15(18-11-13-4-2-1-3-5-13)16-9-8-12-6-7-14(16)10-12/h1-5,12,14H,6-11H2/t12-,14-/m1/s1. The van der Waals surface area contributed by atoms with Gasteiger partial charge >= 0.3 is 6.09 Å². The first-order valence-electron chi connectivity index (χ1n) is 6.80. The number of nitrogens with zero attached hydrogens (tertiary/aromatic N) is 1. The fourth-order valence-electron chi connectivity index (χ4n) is 3.14. The van der Waals surface area contributed by atoms with E-state index >= 15 is 0 Å². The summed E-state index contributed by atoms with van der Waals surface area (Å²) in [6.07, 6.45) is 4.64. The van der Waals surface area contributed by atoms with E-state index < -0.39 is 0 Å². The molecule has 3 rings (SSSR count). The molecule has 1 heterocycles. The van der Waals surface area contributed by atoms with Crippen LogP contribution in [-0.2, 0) is 11.3 Å². The van der Waals surface area contributed by atoms with Gasteiger partial charge in [-0.25, -0.2) is 4.79 Å². The Morgan fingerprint density at radius 3 is 2.89 bits per heavy atom. The van der Waals surface area contributed by atoms with Crippen molar-refractivity contribution in [3.05, 3.63) is 35.9 Å². The molecule has 0 N–H and O–H groups in total. The third kappa shape index (κ3) is 2.35. The number of rotatable bonds is 2. The van der Waals surface area contributed by atoms with Crippen LogP contribution < -0.4 is 0 Å². The zero-order valence-electron chi connectivity index (χ0n) is 10.5. The molecule has 18 heavy (non-hydrogen) atoms. The van der Waals surface area contributed by atoms with Gasteiger partial charge in [-0.2, -0.15) is 0 Å². The van der Waals surface area contributed by atoms with Crippen molar-refractivity contribution in [2.45, 2.75) is 38.3 Å². The Morgan fingerprint density at radius 2 is 2.06 bits per heavy atom. The molecule has 1 saturated carbocycles. The minimum absolute atomic E-state index is 0.135. The van der Waals surface area contributed by atoms with E-state index in [0.717, 1.165) is 30.9 Å². The second kappa shape index (κ2) is 5.01. The lowest BCUT2D eigenvalue weighted by atomic mass is 10.00. The highest BCUT2D eigenvalue weighted by Gasteiger charge is 2.37. The molecule has 2 atom stereocenters. The molecule has 2 aliphatic rings. The molecule has 96 valence electrons. The quantitative estimate of drug-likeness (QED) is 0.800. The van der Waals surface area contributed by atoms with Gasteiger partial charge in [0.05, 0.1) is 0 Å². The van der Waals surface area contributed by atoms with Crippen molar-refractivity contribution in [2.24, 2.45) is 5.92 Å². The Labute approximate surface area is 108 Å². The number of carbonyl (C=O) groups excluding carboxylic acids is 1. The fourth-order valence-corrected chi connectivity index (χ4v) is 3.14. The normalized spacial score (nSPS) is 26.1. The molecule has 1 aliphatic heterocycles. The molecular weight excluding hydrogens is 226 g/mol. The zero-order valence-corrected chi connectivity index (χ0v) is 10.5. The minimum atomic E-state index is -0.135. The molecule has 3 heteroatoms. The van der Waals surface area contributed by atoms with E-state index in [1.54, 1.807) is 0 Å². The average Bonchev–Trinajstić information content (AvgIpc) is 2.79. The van der Waals surface area contributed by atoms with Crippen molar-refractivity contribution >= 4 is 6.09 Å². The summed E-state index contributed by atoms with van der Waals surface area (Å²) in [5, 5.41) is 0.